The van der Waals surface area contributed by atoms with Crippen LogP contribution in [-0.4, -0.2) is 60.4 Å². The van der Waals surface area contributed by atoms with E-state index in [2.05, 4.69) is 27.2 Å². The molecule has 5 nitrogen and oxygen atoms in total. The van der Waals surface area contributed by atoms with Crippen molar-refractivity contribution in [1.82, 2.24) is 15.1 Å². The summed E-state index contributed by atoms with van der Waals surface area (Å²) in [5, 5.41) is 3.04. The fourth-order valence-electron chi connectivity index (χ4n) is 4.59. The molecule has 4 rings (SSSR count). The van der Waals surface area contributed by atoms with Crippen molar-refractivity contribution < 1.29 is 9.59 Å². The molecule has 2 aliphatic heterocycles. The molecule has 3 aliphatic rings. The highest BCUT2D eigenvalue weighted by atomic mass is 16.2. The summed E-state index contributed by atoms with van der Waals surface area (Å²) in [5.74, 6) is 0.995. The molecule has 2 heterocycles. The van der Waals surface area contributed by atoms with E-state index in [1.807, 2.05) is 12.1 Å². The zero-order valence-electron chi connectivity index (χ0n) is 17.6. The molecule has 29 heavy (non-hydrogen) atoms. The Bertz CT molecular complexity index is 683. The van der Waals surface area contributed by atoms with Crippen LogP contribution < -0.4 is 5.32 Å². The Morgan fingerprint density at radius 2 is 1.52 bits per heavy atom. The van der Waals surface area contributed by atoms with Gasteiger partial charge in [-0.1, -0.05) is 25.0 Å². The highest BCUT2D eigenvalue weighted by Crippen LogP contribution is 2.23. The molecule has 2 saturated heterocycles. The standard InChI is InChI=1S/C24H35N3O2/c28-23(18-26-13-3-1-2-4-14-26)27-15-11-20(12-16-27)17-19-5-7-21(8-6-19)24(29)25-22-9-10-22/h5-8,20,22H,1-4,9-18H2,(H,25,29). The molecule has 0 radical (unpaired) electrons. The Hall–Kier alpha value is -1.88. The van der Waals surface area contributed by atoms with Crippen LogP contribution in [0, 0.1) is 5.92 Å². The maximum Gasteiger partial charge on any atom is 0.251 e. The average molecular weight is 398 g/mol. The quantitative estimate of drug-likeness (QED) is 0.802. The number of hydrogen-bond acceptors (Lipinski definition) is 3. The van der Waals surface area contributed by atoms with Gasteiger partial charge in [-0.05, 0) is 81.6 Å². The number of rotatable bonds is 6. The Balaban J connectivity index is 1.20. The number of likely N-dealkylation sites (tertiary alicyclic amines) is 2. The number of carbonyl (C=O) groups excluding carboxylic acids is 2. The van der Waals surface area contributed by atoms with E-state index in [0.29, 0.717) is 24.4 Å². The van der Waals surface area contributed by atoms with Crippen molar-refractivity contribution in [2.45, 2.75) is 63.8 Å². The fraction of sp³-hybridized carbons (Fsp3) is 0.667. The van der Waals surface area contributed by atoms with Crippen LogP contribution in [0.2, 0.25) is 0 Å². The van der Waals surface area contributed by atoms with Gasteiger partial charge in [0, 0.05) is 24.7 Å². The summed E-state index contributed by atoms with van der Waals surface area (Å²) in [7, 11) is 0. The van der Waals surface area contributed by atoms with Crippen molar-refractivity contribution in [3.05, 3.63) is 35.4 Å². The van der Waals surface area contributed by atoms with Crippen molar-refractivity contribution in [2.24, 2.45) is 5.92 Å². The zero-order valence-corrected chi connectivity index (χ0v) is 17.6. The van der Waals surface area contributed by atoms with Crippen LogP contribution in [0.4, 0.5) is 0 Å². The predicted molar refractivity (Wildman–Crippen MR) is 115 cm³/mol. The minimum atomic E-state index is 0.0512. The van der Waals surface area contributed by atoms with Crippen molar-refractivity contribution in [2.75, 3.05) is 32.7 Å². The van der Waals surface area contributed by atoms with Crippen molar-refractivity contribution in [1.29, 1.82) is 0 Å². The van der Waals surface area contributed by atoms with E-state index in [4.69, 9.17) is 0 Å². The summed E-state index contributed by atoms with van der Waals surface area (Å²) in [4.78, 5) is 29.2. The smallest absolute Gasteiger partial charge is 0.251 e. The topological polar surface area (TPSA) is 52.7 Å². The molecule has 3 fully saturated rings. The van der Waals surface area contributed by atoms with Crippen LogP contribution in [0.5, 0.6) is 0 Å². The third-order valence-corrected chi connectivity index (χ3v) is 6.68. The van der Waals surface area contributed by atoms with Crippen LogP contribution in [-0.2, 0) is 11.2 Å². The largest absolute Gasteiger partial charge is 0.349 e. The van der Waals surface area contributed by atoms with Crippen LogP contribution in [0.25, 0.3) is 0 Å². The second-order valence-corrected chi connectivity index (χ2v) is 9.16. The van der Waals surface area contributed by atoms with E-state index in [9.17, 15) is 9.59 Å². The van der Waals surface area contributed by atoms with Gasteiger partial charge in [-0.25, -0.2) is 0 Å². The molecule has 1 aromatic rings. The van der Waals surface area contributed by atoms with Crippen LogP contribution >= 0.6 is 0 Å². The molecule has 2 amide bonds. The van der Waals surface area contributed by atoms with E-state index < -0.39 is 0 Å². The van der Waals surface area contributed by atoms with Gasteiger partial charge in [0.1, 0.15) is 0 Å². The van der Waals surface area contributed by atoms with E-state index in [0.717, 1.165) is 63.8 Å². The zero-order chi connectivity index (χ0) is 20.1. The summed E-state index contributed by atoms with van der Waals surface area (Å²) in [6, 6.07) is 8.49. The SMILES string of the molecule is O=C(NC1CC1)c1ccc(CC2CCN(C(=O)CN3CCCCCC3)CC2)cc1. The number of nitrogens with zero attached hydrogens (tertiary/aromatic N) is 2. The monoisotopic (exact) mass is 397 g/mol. The lowest BCUT2D eigenvalue weighted by atomic mass is 9.90. The first-order chi connectivity index (χ1) is 14.2. The molecule has 158 valence electrons. The predicted octanol–water partition coefficient (Wildman–Crippen LogP) is 3.24. The van der Waals surface area contributed by atoms with Crippen LogP contribution in [0.15, 0.2) is 24.3 Å². The molecule has 1 saturated carbocycles. The Kier molecular flexibility index (Phi) is 6.86. The van der Waals surface area contributed by atoms with E-state index in [-0.39, 0.29) is 5.91 Å². The van der Waals surface area contributed by atoms with Gasteiger partial charge in [0.2, 0.25) is 5.91 Å². The van der Waals surface area contributed by atoms with Gasteiger partial charge in [-0.3, -0.25) is 14.5 Å². The number of piperidine rings is 1. The van der Waals surface area contributed by atoms with Gasteiger partial charge in [0.15, 0.2) is 0 Å². The minimum Gasteiger partial charge on any atom is -0.349 e. The molecule has 0 atom stereocenters. The summed E-state index contributed by atoms with van der Waals surface area (Å²) in [6.45, 7) is 4.54. The summed E-state index contributed by atoms with van der Waals surface area (Å²) < 4.78 is 0. The molecule has 1 aliphatic carbocycles. The summed E-state index contributed by atoms with van der Waals surface area (Å²) in [6.07, 6.45) is 10.5. The second-order valence-electron chi connectivity index (χ2n) is 9.16. The van der Waals surface area contributed by atoms with Gasteiger partial charge < -0.3 is 10.2 Å². The highest BCUT2D eigenvalue weighted by Gasteiger charge is 2.25. The molecule has 5 heteroatoms. The van der Waals surface area contributed by atoms with Crippen LogP contribution in [0.3, 0.4) is 0 Å². The maximum absolute atomic E-state index is 12.7. The van der Waals surface area contributed by atoms with Gasteiger partial charge in [0.05, 0.1) is 6.54 Å². The minimum absolute atomic E-state index is 0.0512. The fourth-order valence-corrected chi connectivity index (χ4v) is 4.59. The normalized spacial score (nSPS) is 21.6. The first-order valence-electron chi connectivity index (χ1n) is 11.6. The number of nitrogens with one attached hydrogen (secondary N) is 1. The third-order valence-electron chi connectivity index (χ3n) is 6.68. The van der Waals surface area contributed by atoms with Gasteiger partial charge >= 0.3 is 0 Å². The number of benzene rings is 1. The highest BCUT2D eigenvalue weighted by molar-refractivity contribution is 5.94. The van der Waals surface area contributed by atoms with E-state index >= 15 is 0 Å². The van der Waals surface area contributed by atoms with Gasteiger partial charge in [-0.2, -0.15) is 0 Å². The first-order valence-corrected chi connectivity index (χ1v) is 11.6. The van der Waals surface area contributed by atoms with Crippen LogP contribution in [0.1, 0.15) is 67.3 Å². The number of hydrogen-bond donors (Lipinski definition) is 1. The number of carbonyl (C=O) groups is 2. The lowest BCUT2D eigenvalue weighted by Gasteiger charge is -2.33. The van der Waals surface area contributed by atoms with E-state index in [1.165, 1.54) is 31.2 Å². The molecule has 0 aromatic heterocycles. The number of amides is 2. The second kappa shape index (κ2) is 9.75. The molecule has 0 spiro atoms. The first kappa shape index (κ1) is 20.4. The molecule has 0 unspecified atom stereocenters. The Morgan fingerprint density at radius 3 is 2.14 bits per heavy atom. The average Bonchev–Trinajstić information content (AvgIpc) is 3.57. The van der Waals surface area contributed by atoms with Gasteiger partial charge in [-0.15, -0.1) is 0 Å². The molecule has 1 N–H and O–H groups in total. The van der Waals surface area contributed by atoms with Crippen molar-refractivity contribution in [3.8, 4) is 0 Å². The van der Waals surface area contributed by atoms with Gasteiger partial charge in [0.25, 0.3) is 5.91 Å². The third kappa shape index (κ3) is 6.05. The summed E-state index contributed by atoms with van der Waals surface area (Å²) in [5.41, 5.74) is 2.05. The summed E-state index contributed by atoms with van der Waals surface area (Å²) >= 11 is 0. The van der Waals surface area contributed by atoms with Crippen molar-refractivity contribution in [3.63, 3.8) is 0 Å². The van der Waals surface area contributed by atoms with Crippen molar-refractivity contribution >= 4 is 11.8 Å². The lowest BCUT2D eigenvalue weighted by molar-refractivity contribution is -0.133. The molecular formula is C24H35N3O2. The van der Waals surface area contributed by atoms with E-state index in [1.54, 1.807) is 0 Å². The molecule has 0 bridgehead atoms. The molecular weight excluding hydrogens is 362 g/mol. The molecule has 1 aromatic carbocycles. The lowest BCUT2D eigenvalue weighted by Crippen LogP contribution is -2.44. The Morgan fingerprint density at radius 1 is 0.862 bits per heavy atom. The Labute approximate surface area is 174 Å². The maximum atomic E-state index is 12.7.